The average molecular weight is 393 g/mol. The zero-order chi connectivity index (χ0) is 17.7. The van der Waals surface area contributed by atoms with E-state index in [0.717, 1.165) is 10.0 Å². The van der Waals surface area contributed by atoms with Crippen LogP contribution in [0.25, 0.3) is 0 Å². The number of ether oxygens (including phenoxy) is 3. The van der Waals surface area contributed by atoms with Crippen LogP contribution in [0.15, 0.2) is 51.5 Å². The molecule has 0 spiro atoms. The van der Waals surface area contributed by atoms with Crippen molar-refractivity contribution < 1.29 is 19.0 Å². The van der Waals surface area contributed by atoms with Crippen molar-refractivity contribution in [3.63, 3.8) is 0 Å². The third kappa shape index (κ3) is 3.78. The molecule has 7 heteroatoms. The lowest BCUT2D eigenvalue weighted by Gasteiger charge is -2.27. The van der Waals surface area contributed by atoms with Gasteiger partial charge in [0.15, 0.2) is 0 Å². The Bertz CT molecular complexity index is 749. The Morgan fingerprint density at radius 1 is 1.46 bits per heavy atom. The van der Waals surface area contributed by atoms with Crippen molar-refractivity contribution in [2.24, 2.45) is 5.73 Å². The molecule has 1 aromatic rings. The average Bonchev–Trinajstić information content (AvgIpc) is 2.54. The summed E-state index contributed by atoms with van der Waals surface area (Å²) in [6, 6.07) is 9.37. The third-order valence-corrected chi connectivity index (χ3v) is 4.02. The number of nitrogens with two attached hydrogens (primary N) is 1. The topological polar surface area (TPSA) is 94.6 Å². The van der Waals surface area contributed by atoms with E-state index in [0.29, 0.717) is 5.76 Å². The number of benzene rings is 1. The van der Waals surface area contributed by atoms with Crippen LogP contribution in [0.3, 0.4) is 0 Å². The number of carbonyl (C=O) groups excluding carboxylic acids is 1. The summed E-state index contributed by atoms with van der Waals surface area (Å²) in [5, 5.41) is 9.49. The number of allylic oxidation sites excluding steroid dienone is 2. The van der Waals surface area contributed by atoms with Gasteiger partial charge in [-0.15, -0.1) is 0 Å². The summed E-state index contributed by atoms with van der Waals surface area (Å²) in [5.41, 5.74) is 7.02. The Morgan fingerprint density at radius 3 is 2.83 bits per heavy atom. The molecule has 0 bridgehead atoms. The fraction of sp³-hybridized carbons (Fsp3) is 0.294. The smallest absolute Gasteiger partial charge is 0.338 e. The van der Waals surface area contributed by atoms with E-state index < -0.39 is 11.9 Å². The van der Waals surface area contributed by atoms with E-state index in [9.17, 15) is 10.1 Å². The molecule has 6 nitrogen and oxygen atoms in total. The quantitative estimate of drug-likeness (QED) is 0.611. The second kappa shape index (κ2) is 7.99. The molecule has 0 aromatic heterocycles. The Kier molecular flexibility index (Phi) is 6.01. The number of carbonyl (C=O) groups is 1. The van der Waals surface area contributed by atoms with Crippen LogP contribution in [0.5, 0.6) is 0 Å². The van der Waals surface area contributed by atoms with E-state index in [1.807, 2.05) is 30.3 Å². The molecule has 0 aliphatic carbocycles. The second-order valence-corrected chi connectivity index (χ2v) is 5.99. The molecule has 2 N–H and O–H groups in total. The first-order chi connectivity index (χ1) is 11.5. The summed E-state index contributed by atoms with van der Waals surface area (Å²) < 4.78 is 16.3. The van der Waals surface area contributed by atoms with Gasteiger partial charge in [0, 0.05) is 11.6 Å². The second-order valence-electron chi connectivity index (χ2n) is 5.08. The summed E-state index contributed by atoms with van der Waals surface area (Å²) in [7, 11) is 1.52. The Hall–Kier alpha value is -2.30. The van der Waals surface area contributed by atoms with E-state index in [4.69, 9.17) is 19.9 Å². The predicted octanol–water partition coefficient (Wildman–Crippen LogP) is 2.72. The number of hydrogen-bond donors (Lipinski definition) is 1. The first kappa shape index (κ1) is 18.0. The lowest BCUT2D eigenvalue weighted by atomic mass is 9.83. The van der Waals surface area contributed by atoms with E-state index in [1.54, 1.807) is 6.92 Å². The molecule has 1 aliphatic rings. The van der Waals surface area contributed by atoms with Crippen LogP contribution in [0.2, 0.25) is 0 Å². The minimum absolute atomic E-state index is 0.00610. The van der Waals surface area contributed by atoms with Gasteiger partial charge in [0.05, 0.1) is 18.1 Å². The maximum Gasteiger partial charge on any atom is 0.338 e. The van der Waals surface area contributed by atoms with Gasteiger partial charge in [-0.3, -0.25) is 0 Å². The van der Waals surface area contributed by atoms with Crippen molar-refractivity contribution in [2.45, 2.75) is 12.8 Å². The maximum absolute atomic E-state index is 12.5. The molecule has 2 rings (SSSR count). The van der Waals surface area contributed by atoms with Gasteiger partial charge in [-0.25, -0.2) is 4.79 Å². The predicted molar refractivity (Wildman–Crippen MR) is 90.3 cm³/mol. The normalized spacial score (nSPS) is 17.3. The number of hydrogen-bond acceptors (Lipinski definition) is 6. The summed E-state index contributed by atoms with van der Waals surface area (Å²) in [6.45, 7) is 2.01. The minimum Gasteiger partial charge on any atom is -0.460 e. The Balaban J connectivity index is 2.47. The molecule has 1 aliphatic heterocycles. The van der Waals surface area contributed by atoms with Gasteiger partial charge in [-0.05, 0) is 24.6 Å². The van der Waals surface area contributed by atoms with Gasteiger partial charge in [-0.2, -0.15) is 5.26 Å². The van der Waals surface area contributed by atoms with Crippen molar-refractivity contribution in [3.05, 3.63) is 57.1 Å². The van der Waals surface area contributed by atoms with Gasteiger partial charge >= 0.3 is 5.97 Å². The lowest BCUT2D eigenvalue weighted by Crippen LogP contribution is -2.26. The lowest BCUT2D eigenvalue weighted by molar-refractivity contribution is -0.140. The van der Waals surface area contributed by atoms with Gasteiger partial charge in [0.25, 0.3) is 0 Å². The summed E-state index contributed by atoms with van der Waals surface area (Å²) >= 11 is 3.40. The zero-order valence-electron chi connectivity index (χ0n) is 13.3. The molecule has 1 atom stereocenters. The van der Waals surface area contributed by atoms with Gasteiger partial charge < -0.3 is 19.9 Å². The molecule has 0 saturated heterocycles. The Labute approximate surface area is 148 Å². The molecule has 1 aromatic carbocycles. The SMILES string of the molecule is COCCOC(=O)C1=C(C)OC(N)=C(C#N)[C@H]1c1cccc(Br)c1. The van der Waals surface area contributed by atoms with Gasteiger partial charge in [0.1, 0.15) is 24.0 Å². The molecular weight excluding hydrogens is 376 g/mol. The summed E-state index contributed by atoms with van der Waals surface area (Å²) in [6.07, 6.45) is 0. The van der Waals surface area contributed by atoms with Crippen LogP contribution < -0.4 is 5.73 Å². The molecule has 0 unspecified atom stereocenters. The van der Waals surface area contributed by atoms with Crippen molar-refractivity contribution in [1.82, 2.24) is 0 Å². The highest BCUT2D eigenvalue weighted by molar-refractivity contribution is 9.10. The number of esters is 1. The maximum atomic E-state index is 12.5. The number of rotatable bonds is 5. The van der Waals surface area contributed by atoms with Gasteiger partial charge in [-0.1, -0.05) is 28.1 Å². The molecule has 126 valence electrons. The van der Waals surface area contributed by atoms with Crippen molar-refractivity contribution >= 4 is 21.9 Å². The highest BCUT2D eigenvalue weighted by atomic mass is 79.9. The molecule has 1 heterocycles. The van der Waals surface area contributed by atoms with Crippen molar-refractivity contribution in [1.29, 1.82) is 5.26 Å². The number of methoxy groups -OCH3 is 1. The van der Waals surface area contributed by atoms with E-state index >= 15 is 0 Å². The van der Waals surface area contributed by atoms with Crippen LogP contribution >= 0.6 is 15.9 Å². The van der Waals surface area contributed by atoms with Crippen LogP contribution in [0.1, 0.15) is 18.4 Å². The van der Waals surface area contributed by atoms with Gasteiger partial charge in [0.2, 0.25) is 5.88 Å². The number of nitriles is 1. The van der Waals surface area contributed by atoms with Crippen LogP contribution in [0.4, 0.5) is 0 Å². The number of halogens is 1. The summed E-state index contributed by atoms with van der Waals surface area (Å²) in [4.78, 5) is 12.5. The first-order valence-electron chi connectivity index (χ1n) is 7.19. The first-order valence-corrected chi connectivity index (χ1v) is 7.98. The van der Waals surface area contributed by atoms with Crippen LogP contribution in [0, 0.1) is 11.3 Å². The highest BCUT2D eigenvalue weighted by Crippen LogP contribution is 2.40. The fourth-order valence-corrected chi connectivity index (χ4v) is 2.88. The Morgan fingerprint density at radius 2 is 2.21 bits per heavy atom. The largest absolute Gasteiger partial charge is 0.460 e. The monoisotopic (exact) mass is 392 g/mol. The molecular formula is C17H17BrN2O4. The van der Waals surface area contributed by atoms with E-state index in [1.165, 1.54) is 7.11 Å². The third-order valence-electron chi connectivity index (χ3n) is 3.53. The summed E-state index contributed by atoms with van der Waals surface area (Å²) in [5.74, 6) is -0.890. The number of nitrogens with zero attached hydrogens (tertiary/aromatic N) is 1. The van der Waals surface area contributed by atoms with E-state index in [2.05, 4.69) is 15.9 Å². The molecule has 0 radical (unpaired) electrons. The molecule has 0 amide bonds. The van der Waals surface area contributed by atoms with Crippen LogP contribution in [-0.4, -0.2) is 26.3 Å². The fourth-order valence-electron chi connectivity index (χ4n) is 2.46. The minimum atomic E-state index is -0.642. The molecule has 0 saturated carbocycles. The molecule has 0 fully saturated rings. The highest BCUT2D eigenvalue weighted by Gasteiger charge is 2.36. The zero-order valence-corrected chi connectivity index (χ0v) is 14.9. The molecule has 24 heavy (non-hydrogen) atoms. The van der Waals surface area contributed by atoms with E-state index in [-0.39, 0.29) is 30.2 Å². The van der Waals surface area contributed by atoms with Crippen LogP contribution in [-0.2, 0) is 19.0 Å². The van der Waals surface area contributed by atoms with Crippen molar-refractivity contribution in [2.75, 3.05) is 20.3 Å². The van der Waals surface area contributed by atoms with Crippen molar-refractivity contribution in [3.8, 4) is 6.07 Å². The standard InChI is InChI=1S/C17H17BrN2O4/c1-10-14(17(21)23-7-6-22-2)15(13(9-19)16(20)24-10)11-4-3-5-12(18)8-11/h3-5,8,15H,6-7,20H2,1-2H3/t15-/m1/s1.